The van der Waals surface area contributed by atoms with Crippen LogP contribution in [0.4, 0.5) is 0 Å². The van der Waals surface area contributed by atoms with E-state index in [1.165, 1.54) is 7.11 Å². The number of aliphatic hydroxyl groups excluding tert-OH is 1. The van der Waals surface area contributed by atoms with Gasteiger partial charge in [0.05, 0.1) is 12.1 Å². The molecular weight excluding hydrogens is 232 g/mol. The molecule has 16 heavy (non-hydrogen) atoms. The third kappa shape index (κ3) is 3.72. The van der Waals surface area contributed by atoms with E-state index >= 15 is 0 Å². The first kappa shape index (κ1) is 12.8. The Bertz CT molecular complexity index is 365. The molecule has 5 heteroatoms. The van der Waals surface area contributed by atoms with E-state index in [2.05, 4.69) is 0 Å². The summed E-state index contributed by atoms with van der Waals surface area (Å²) < 4.78 is 10.0. The predicted molar refractivity (Wildman–Crippen MR) is 60.0 cm³/mol. The number of benzene rings is 1. The Morgan fingerprint density at radius 1 is 1.50 bits per heavy atom. The van der Waals surface area contributed by atoms with Gasteiger partial charge in [-0.1, -0.05) is 11.6 Å². The number of hydrogen-bond acceptors (Lipinski definition) is 4. The van der Waals surface area contributed by atoms with Crippen LogP contribution in [0.5, 0.6) is 11.5 Å². The van der Waals surface area contributed by atoms with Gasteiger partial charge in [0, 0.05) is 19.1 Å². The molecule has 0 fully saturated rings. The molecule has 1 rings (SSSR count). The number of rotatable bonds is 5. The van der Waals surface area contributed by atoms with E-state index in [-0.39, 0.29) is 18.8 Å². The zero-order valence-electron chi connectivity index (χ0n) is 8.90. The van der Waals surface area contributed by atoms with Crippen molar-refractivity contribution in [3.05, 3.63) is 23.2 Å². The first-order valence-electron chi connectivity index (χ1n) is 4.82. The SMILES string of the molecule is COc1ccc(Cl)c(OC(=O)CCCO)c1. The van der Waals surface area contributed by atoms with Gasteiger partial charge in [-0.05, 0) is 18.6 Å². The van der Waals surface area contributed by atoms with Crippen molar-refractivity contribution in [3.8, 4) is 11.5 Å². The van der Waals surface area contributed by atoms with Gasteiger partial charge in [-0.15, -0.1) is 0 Å². The molecular formula is C11H13ClO4. The molecule has 0 saturated carbocycles. The Labute approximate surface area is 98.7 Å². The van der Waals surface area contributed by atoms with Gasteiger partial charge >= 0.3 is 5.97 Å². The lowest BCUT2D eigenvalue weighted by atomic mass is 10.3. The first-order valence-corrected chi connectivity index (χ1v) is 5.20. The van der Waals surface area contributed by atoms with E-state index in [0.717, 1.165) is 0 Å². The fraction of sp³-hybridized carbons (Fsp3) is 0.364. The lowest BCUT2D eigenvalue weighted by Crippen LogP contribution is -2.08. The molecule has 0 heterocycles. The van der Waals surface area contributed by atoms with E-state index < -0.39 is 5.97 Å². The van der Waals surface area contributed by atoms with Crippen molar-refractivity contribution in [1.29, 1.82) is 0 Å². The van der Waals surface area contributed by atoms with Gasteiger partial charge < -0.3 is 14.6 Å². The van der Waals surface area contributed by atoms with E-state index in [0.29, 0.717) is 17.2 Å². The monoisotopic (exact) mass is 244 g/mol. The summed E-state index contributed by atoms with van der Waals surface area (Å²) >= 11 is 5.85. The van der Waals surface area contributed by atoms with E-state index in [1.807, 2.05) is 0 Å². The molecule has 88 valence electrons. The molecule has 4 nitrogen and oxygen atoms in total. The largest absolute Gasteiger partial charge is 0.497 e. The second-order valence-corrected chi connectivity index (χ2v) is 3.50. The smallest absolute Gasteiger partial charge is 0.311 e. The summed E-state index contributed by atoms with van der Waals surface area (Å²) in [5, 5.41) is 8.91. The summed E-state index contributed by atoms with van der Waals surface area (Å²) in [5.74, 6) is 0.405. The Kier molecular flexibility index (Phi) is 5.08. The lowest BCUT2D eigenvalue weighted by molar-refractivity contribution is -0.134. The van der Waals surface area contributed by atoms with Crippen LogP contribution in [0.15, 0.2) is 18.2 Å². The van der Waals surface area contributed by atoms with Crippen LogP contribution < -0.4 is 9.47 Å². The lowest BCUT2D eigenvalue weighted by Gasteiger charge is -2.07. The minimum Gasteiger partial charge on any atom is -0.497 e. The van der Waals surface area contributed by atoms with Gasteiger partial charge in [0.25, 0.3) is 0 Å². The predicted octanol–water partition coefficient (Wildman–Crippen LogP) is 2.03. The molecule has 0 unspecified atom stereocenters. The van der Waals surface area contributed by atoms with Gasteiger partial charge in [-0.2, -0.15) is 0 Å². The topological polar surface area (TPSA) is 55.8 Å². The van der Waals surface area contributed by atoms with Crippen molar-refractivity contribution in [2.75, 3.05) is 13.7 Å². The molecule has 0 aromatic heterocycles. The van der Waals surface area contributed by atoms with Crippen LogP contribution in [0.3, 0.4) is 0 Å². The van der Waals surface area contributed by atoms with Crippen molar-refractivity contribution in [1.82, 2.24) is 0 Å². The molecule has 1 N–H and O–H groups in total. The molecule has 1 aromatic carbocycles. The molecule has 0 radical (unpaired) electrons. The van der Waals surface area contributed by atoms with Crippen LogP contribution in [-0.4, -0.2) is 24.8 Å². The Balaban J connectivity index is 2.68. The van der Waals surface area contributed by atoms with Crippen molar-refractivity contribution in [2.24, 2.45) is 0 Å². The average Bonchev–Trinajstić information content (AvgIpc) is 2.29. The maximum absolute atomic E-state index is 11.3. The second kappa shape index (κ2) is 6.35. The summed E-state index contributed by atoms with van der Waals surface area (Å²) in [6, 6.07) is 4.81. The van der Waals surface area contributed by atoms with Gasteiger partial charge in [0.2, 0.25) is 0 Å². The van der Waals surface area contributed by atoms with Gasteiger partial charge in [0.15, 0.2) is 5.75 Å². The minimum atomic E-state index is -0.427. The van der Waals surface area contributed by atoms with Crippen LogP contribution in [-0.2, 0) is 4.79 Å². The number of ether oxygens (including phenoxy) is 2. The van der Waals surface area contributed by atoms with Crippen LogP contribution in [0, 0.1) is 0 Å². The van der Waals surface area contributed by atoms with Crippen molar-refractivity contribution in [3.63, 3.8) is 0 Å². The normalized spacial score (nSPS) is 9.94. The second-order valence-electron chi connectivity index (χ2n) is 3.10. The number of carbonyl (C=O) groups is 1. The average molecular weight is 245 g/mol. The van der Waals surface area contributed by atoms with Gasteiger partial charge in [-0.25, -0.2) is 0 Å². The summed E-state index contributed by atoms with van der Waals surface area (Å²) in [6.45, 7) is -0.0407. The molecule has 0 spiro atoms. The number of esters is 1. The van der Waals surface area contributed by atoms with Crippen molar-refractivity contribution >= 4 is 17.6 Å². The maximum atomic E-state index is 11.3. The zero-order valence-corrected chi connectivity index (χ0v) is 9.66. The maximum Gasteiger partial charge on any atom is 0.311 e. The minimum absolute atomic E-state index is 0.0407. The van der Waals surface area contributed by atoms with E-state index in [1.54, 1.807) is 18.2 Å². The Hall–Kier alpha value is -1.26. The van der Waals surface area contributed by atoms with Crippen molar-refractivity contribution in [2.45, 2.75) is 12.8 Å². The van der Waals surface area contributed by atoms with E-state index in [4.69, 9.17) is 26.2 Å². The summed E-state index contributed by atoms with van der Waals surface area (Å²) in [4.78, 5) is 11.3. The number of halogens is 1. The van der Waals surface area contributed by atoms with Crippen LogP contribution in [0.2, 0.25) is 5.02 Å². The quantitative estimate of drug-likeness (QED) is 0.636. The fourth-order valence-corrected chi connectivity index (χ4v) is 1.24. The first-order chi connectivity index (χ1) is 7.67. The Morgan fingerprint density at radius 2 is 2.25 bits per heavy atom. The molecule has 0 aliphatic rings. The summed E-state index contributed by atoms with van der Waals surface area (Å²) in [5.41, 5.74) is 0. The number of aliphatic hydroxyl groups is 1. The third-order valence-electron chi connectivity index (χ3n) is 1.90. The molecule has 0 aliphatic carbocycles. The molecule has 0 atom stereocenters. The van der Waals surface area contributed by atoms with Gasteiger partial charge in [-0.3, -0.25) is 4.79 Å². The fourth-order valence-electron chi connectivity index (χ4n) is 1.09. The molecule has 0 bridgehead atoms. The molecule has 0 aliphatic heterocycles. The van der Waals surface area contributed by atoms with Crippen LogP contribution >= 0.6 is 11.6 Å². The highest BCUT2D eigenvalue weighted by Gasteiger charge is 2.09. The van der Waals surface area contributed by atoms with Crippen LogP contribution in [0.1, 0.15) is 12.8 Å². The van der Waals surface area contributed by atoms with Crippen molar-refractivity contribution < 1.29 is 19.4 Å². The molecule has 0 saturated heterocycles. The summed E-state index contributed by atoms with van der Waals surface area (Å²) in [7, 11) is 1.51. The highest BCUT2D eigenvalue weighted by molar-refractivity contribution is 6.32. The summed E-state index contributed by atoms with van der Waals surface area (Å²) in [6.07, 6.45) is 0.532. The molecule has 1 aromatic rings. The number of methoxy groups -OCH3 is 1. The number of hydrogen-bond donors (Lipinski definition) is 1. The highest BCUT2D eigenvalue weighted by Crippen LogP contribution is 2.29. The third-order valence-corrected chi connectivity index (χ3v) is 2.21. The highest BCUT2D eigenvalue weighted by atomic mass is 35.5. The molecule has 0 amide bonds. The van der Waals surface area contributed by atoms with E-state index in [9.17, 15) is 4.79 Å². The van der Waals surface area contributed by atoms with Gasteiger partial charge in [0.1, 0.15) is 5.75 Å². The zero-order chi connectivity index (χ0) is 12.0. The standard InChI is InChI=1S/C11H13ClO4/c1-15-8-4-5-9(12)10(7-8)16-11(14)3-2-6-13/h4-5,7,13H,2-3,6H2,1H3. The number of carbonyl (C=O) groups excluding carboxylic acids is 1. The van der Waals surface area contributed by atoms with Crippen LogP contribution in [0.25, 0.3) is 0 Å². The Morgan fingerprint density at radius 3 is 2.88 bits per heavy atom.